The molecule has 0 amide bonds. The third-order valence-electron chi connectivity index (χ3n) is 11.9. The number of para-hydroxylation sites is 1. The summed E-state index contributed by atoms with van der Waals surface area (Å²) in [4.78, 5) is 10.7. The Morgan fingerprint density at radius 2 is 0.821 bits per heavy atom. The van der Waals surface area contributed by atoms with E-state index in [0.717, 1.165) is 50.0 Å². The number of nitrogens with zero attached hydrogens (tertiary/aromatic N) is 2. The Bertz CT molecular complexity index is 3140. The topological polar surface area (TPSA) is 38.9 Å². The van der Waals surface area contributed by atoms with Gasteiger partial charge in [-0.15, -0.1) is 0 Å². The number of hydrogen-bond donors (Lipinski definition) is 0. The summed E-state index contributed by atoms with van der Waals surface area (Å²) in [5.41, 5.74) is 18.5. The van der Waals surface area contributed by atoms with Crippen molar-refractivity contribution in [3.8, 4) is 67.3 Å². The van der Waals surface area contributed by atoms with Gasteiger partial charge in [0.05, 0.1) is 16.8 Å². The first kappa shape index (κ1) is 31.0. The molecule has 3 heteroatoms. The molecule has 0 bridgehead atoms. The van der Waals surface area contributed by atoms with Gasteiger partial charge in [0.2, 0.25) is 0 Å². The molecular formula is C53H32N2O. The normalized spacial score (nSPS) is 13.1. The molecule has 2 aromatic heterocycles. The summed E-state index contributed by atoms with van der Waals surface area (Å²) in [6.07, 6.45) is 0. The van der Waals surface area contributed by atoms with E-state index in [4.69, 9.17) is 14.4 Å². The van der Waals surface area contributed by atoms with Gasteiger partial charge in [-0.05, 0) is 92.0 Å². The van der Waals surface area contributed by atoms with Crippen molar-refractivity contribution >= 4 is 21.9 Å². The van der Waals surface area contributed by atoms with Gasteiger partial charge in [0.1, 0.15) is 11.2 Å². The van der Waals surface area contributed by atoms with Crippen molar-refractivity contribution in [2.45, 2.75) is 5.41 Å². The van der Waals surface area contributed by atoms with Gasteiger partial charge < -0.3 is 4.42 Å². The van der Waals surface area contributed by atoms with Crippen LogP contribution in [0.25, 0.3) is 89.2 Å². The van der Waals surface area contributed by atoms with E-state index < -0.39 is 5.41 Å². The van der Waals surface area contributed by atoms with Crippen LogP contribution in [-0.2, 0) is 5.41 Å². The highest BCUT2D eigenvalue weighted by Gasteiger charge is 2.49. The van der Waals surface area contributed by atoms with Crippen molar-refractivity contribution in [1.82, 2.24) is 9.97 Å². The van der Waals surface area contributed by atoms with E-state index in [-0.39, 0.29) is 0 Å². The van der Waals surface area contributed by atoms with Crippen LogP contribution in [0, 0.1) is 0 Å². The largest absolute Gasteiger partial charge is 0.456 e. The second kappa shape index (κ2) is 11.8. The summed E-state index contributed by atoms with van der Waals surface area (Å²) in [6, 6.07) is 69.8. The van der Waals surface area contributed by atoms with Gasteiger partial charge in [0.15, 0.2) is 5.82 Å². The fraction of sp³-hybridized carbons (Fsp3) is 0.0189. The molecule has 8 aromatic carbocycles. The van der Waals surface area contributed by atoms with Crippen LogP contribution >= 0.6 is 0 Å². The molecule has 0 unspecified atom stereocenters. The predicted octanol–water partition coefficient (Wildman–Crippen LogP) is 13.4. The zero-order chi connectivity index (χ0) is 36.8. The minimum Gasteiger partial charge on any atom is -0.456 e. The van der Waals surface area contributed by atoms with E-state index in [2.05, 4.69) is 176 Å². The zero-order valence-electron chi connectivity index (χ0n) is 30.3. The van der Waals surface area contributed by atoms with E-state index in [1.807, 2.05) is 18.2 Å². The maximum absolute atomic E-state index is 6.20. The lowest BCUT2D eigenvalue weighted by Crippen LogP contribution is -2.29. The fourth-order valence-electron chi connectivity index (χ4n) is 9.55. The van der Waals surface area contributed by atoms with Crippen LogP contribution in [0.2, 0.25) is 0 Å². The number of benzene rings is 8. The Morgan fingerprint density at radius 3 is 1.50 bits per heavy atom. The van der Waals surface area contributed by atoms with E-state index >= 15 is 0 Å². The number of fused-ring (bicyclic) bond motifs is 15. The first-order valence-corrected chi connectivity index (χ1v) is 19.2. The third-order valence-corrected chi connectivity index (χ3v) is 11.9. The molecule has 0 fully saturated rings. The lowest BCUT2D eigenvalue weighted by atomic mass is 9.66. The van der Waals surface area contributed by atoms with Gasteiger partial charge in [0.25, 0.3) is 0 Å². The fourth-order valence-corrected chi connectivity index (χ4v) is 9.55. The Balaban J connectivity index is 1.13. The van der Waals surface area contributed by atoms with Gasteiger partial charge >= 0.3 is 0 Å². The smallest absolute Gasteiger partial charge is 0.160 e. The maximum atomic E-state index is 6.20. The molecule has 2 aliphatic carbocycles. The summed E-state index contributed by atoms with van der Waals surface area (Å²) in [6.45, 7) is 0. The molecule has 3 nitrogen and oxygen atoms in total. The molecular weight excluding hydrogens is 681 g/mol. The maximum Gasteiger partial charge on any atom is 0.160 e. The molecule has 2 aliphatic rings. The zero-order valence-corrected chi connectivity index (χ0v) is 30.3. The van der Waals surface area contributed by atoms with Gasteiger partial charge in [-0.25, -0.2) is 9.97 Å². The summed E-state index contributed by atoms with van der Waals surface area (Å²) in [7, 11) is 0. The molecule has 12 rings (SSSR count). The molecule has 10 aromatic rings. The molecule has 0 saturated carbocycles. The van der Waals surface area contributed by atoms with Crippen LogP contribution in [0.4, 0.5) is 0 Å². The van der Waals surface area contributed by atoms with Crippen LogP contribution in [0.5, 0.6) is 0 Å². The minimum absolute atomic E-state index is 0.582. The summed E-state index contributed by atoms with van der Waals surface area (Å²) in [5, 5.41) is 2.17. The van der Waals surface area contributed by atoms with Gasteiger partial charge in [-0.1, -0.05) is 158 Å². The van der Waals surface area contributed by atoms with Crippen molar-refractivity contribution in [2.24, 2.45) is 0 Å². The van der Waals surface area contributed by atoms with Crippen molar-refractivity contribution in [1.29, 1.82) is 0 Å². The number of hydrogen-bond acceptors (Lipinski definition) is 3. The lowest BCUT2D eigenvalue weighted by molar-refractivity contribution is 0.669. The van der Waals surface area contributed by atoms with E-state index in [0.29, 0.717) is 5.82 Å². The van der Waals surface area contributed by atoms with Crippen LogP contribution in [0.3, 0.4) is 0 Å². The average Bonchev–Trinajstić information content (AvgIpc) is 3.76. The van der Waals surface area contributed by atoms with E-state index in [1.54, 1.807) is 0 Å². The van der Waals surface area contributed by atoms with Crippen molar-refractivity contribution in [3.05, 3.63) is 216 Å². The lowest BCUT2D eigenvalue weighted by Gasteiger charge is -2.35. The highest BCUT2D eigenvalue weighted by atomic mass is 16.3. The van der Waals surface area contributed by atoms with Crippen LogP contribution in [0.15, 0.2) is 199 Å². The average molecular weight is 713 g/mol. The molecule has 0 radical (unpaired) electrons. The molecule has 0 atom stereocenters. The Hall–Kier alpha value is -7.36. The minimum atomic E-state index is -0.582. The predicted molar refractivity (Wildman–Crippen MR) is 227 cm³/mol. The highest BCUT2D eigenvalue weighted by Crippen LogP contribution is 2.61. The highest BCUT2D eigenvalue weighted by molar-refractivity contribution is 6.06. The van der Waals surface area contributed by atoms with E-state index in [9.17, 15) is 0 Å². The summed E-state index contributed by atoms with van der Waals surface area (Å²) < 4.78 is 6.20. The van der Waals surface area contributed by atoms with Gasteiger partial charge in [-0.3, -0.25) is 0 Å². The molecule has 260 valence electrons. The summed E-state index contributed by atoms with van der Waals surface area (Å²) in [5.74, 6) is 0.686. The van der Waals surface area contributed by atoms with Gasteiger partial charge in [0, 0.05) is 27.5 Å². The Labute approximate surface area is 324 Å². The molecule has 0 N–H and O–H groups in total. The molecule has 56 heavy (non-hydrogen) atoms. The Morgan fingerprint density at radius 1 is 0.321 bits per heavy atom. The monoisotopic (exact) mass is 712 g/mol. The third kappa shape index (κ3) is 4.34. The molecule has 2 heterocycles. The number of rotatable bonds is 3. The first-order valence-electron chi connectivity index (χ1n) is 19.2. The Kier molecular flexibility index (Phi) is 6.55. The molecule has 1 spiro atoms. The summed E-state index contributed by atoms with van der Waals surface area (Å²) >= 11 is 0. The SMILES string of the molecule is c1ccc(-c2cc(-c3ccc4oc5ccccc5c4c3)nc(-c3ccc4c(c3)C3(c5ccccc5-c5ccccc5-c5ccccc53)c3ccccc3-4)n2)cc1. The van der Waals surface area contributed by atoms with Crippen LogP contribution < -0.4 is 0 Å². The first-order chi connectivity index (χ1) is 27.8. The quantitative estimate of drug-likeness (QED) is 0.183. The second-order valence-electron chi connectivity index (χ2n) is 14.8. The van der Waals surface area contributed by atoms with E-state index in [1.165, 1.54) is 55.6 Å². The van der Waals surface area contributed by atoms with Crippen LogP contribution in [-0.4, -0.2) is 9.97 Å². The molecule has 0 saturated heterocycles. The molecule has 0 aliphatic heterocycles. The van der Waals surface area contributed by atoms with Crippen molar-refractivity contribution in [3.63, 3.8) is 0 Å². The van der Waals surface area contributed by atoms with Gasteiger partial charge in [-0.2, -0.15) is 0 Å². The van der Waals surface area contributed by atoms with Crippen LogP contribution in [0.1, 0.15) is 22.3 Å². The standard InChI is InChI=1S/C53H32N2O/c1-2-14-33(15-3-1)48-32-49(34-27-29-51-43(30-34)42-21-9-13-25-50(42)56-51)55-52(54-48)35-26-28-41-40-20-8-12-24-46(40)53(47(41)31-35)44-22-10-6-18-38(44)36-16-4-5-17-37(36)39-19-7-11-23-45(39)53/h1-32H. The van der Waals surface area contributed by atoms with Crippen molar-refractivity contribution < 1.29 is 4.42 Å². The number of aromatic nitrogens is 2. The second-order valence-corrected chi connectivity index (χ2v) is 14.8. The van der Waals surface area contributed by atoms with Crippen molar-refractivity contribution in [2.75, 3.05) is 0 Å². The number of furan rings is 1.